The molecule has 0 aliphatic rings. The van der Waals surface area contributed by atoms with Crippen LogP contribution in [0.15, 0.2) is 61.0 Å². The van der Waals surface area contributed by atoms with Crippen molar-refractivity contribution < 1.29 is 0 Å². The smallest absolute Gasteiger partial charge is 0.0377 e. The molecule has 0 bridgehead atoms. The van der Waals surface area contributed by atoms with E-state index in [4.69, 9.17) is 0 Å². The number of nitrogens with one attached hydrogen (secondary N) is 1. The highest BCUT2D eigenvalue weighted by Crippen LogP contribution is 1.99. The molecule has 0 fully saturated rings. The molecule has 13 heavy (non-hydrogen) atoms. The van der Waals surface area contributed by atoms with E-state index >= 15 is 0 Å². The molecule has 0 aromatic rings. The summed E-state index contributed by atoms with van der Waals surface area (Å²) in [6.45, 7) is 11.3. The highest BCUT2D eigenvalue weighted by atomic mass is 14.9. The van der Waals surface area contributed by atoms with E-state index in [-0.39, 0.29) is 0 Å². The minimum Gasteiger partial charge on any atom is -0.356 e. The summed E-state index contributed by atoms with van der Waals surface area (Å²) in [5.74, 6) is 0. The van der Waals surface area contributed by atoms with Crippen LogP contribution in [0.25, 0.3) is 0 Å². The second kappa shape index (κ2) is 7.17. The largest absolute Gasteiger partial charge is 0.356 e. The molecular formula is C12H17N. The van der Waals surface area contributed by atoms with E-state index in [1.54, 1.807) is 12.2 Å². The van der Waals surface area contributed by atoms with Crippen molar-refractivity contribution in [2.75, 3.05) is 0 Å². The van der Waals surface area contributed by atoms with Crippen LogP contribution in [-0.4, -0.2) is 0 Å². The monoisotopic (exact) mass is 175 g/mol. The summed E-state index contributed by atoms with van der Waals surface area (Å²) >= 11 is 0. The van der Waals surface area contributed by atoms with Gasteiger partial charge in [0.1, 0.15) is 0 Å². The zero-order valence-corrected chi connectivity index (χ0v) is 8.38. The van der Waals surface area contributed by atoms with Crippen molar-refractivity contribution in [3.05, 3.63) is 61.0 Å². The Hall–Kier alpha value is -1.50. The molecule has 0 aromatic carbocycles. The van der Waals surface area contributed by atoms with Crippen molar-refractivity contribution >= 4 is 0 Å². The molecule has 0 atom stereocenters. The first-order chi connectivity index (χ1) is 6.28. The molecule has 0 heterocycles. The maximum atomic E-state index is 3.70. The van der Waals surface area contributed by atoms with Gasteiger partial charge in [0, 0.05) is 11.4 Å². The van der Waals surface area contributed by atoms with Crippen LogP contribution in [0.3, 0.4) is 0 Å². The third-order valence-electron chi connectivity index (χ3n) is 1.46. The average Bonchev–Trinajstić information content (AvgIpc) is 2.16. The van der Waals surface area contributed by atoms with E-state index in [0.717, 1.165) is 11.4 Å². The Morgan fingerprint density at radius 1 is 1.15 bits per heavy atom. The van der Waals surface area contributed by atoms with E-state index in [2.05, 4.69) is 18.5 Å². The van der Waals surface area contributed by atoms with Crippen molar-refractivity contribution in [1.82, 2.24) is 5.32 Å². The van der Waals surface area contributed by atoms with E-state index in [1.165, 1.54) is 0 Å². The molecule has 0 aromatic heterocycles. The topological polar surface area (TPSA) is 12.0 Å². The zero-order valence-electron chi connectivity index (χ0n) is 8.38. The minimum atomic E-state index is 0.946. The van der Waals surface area contributed by atoms with Crippen LogP contribution in [0.1, 0.15) is 13.8 Å². The molecule has 0 aliphatic heterocycles. The maximum absolute atomic E-state index is 3.70. The molecule has 70 valence electrons. The third-order valence-corrected chi connectivity index (χ3v) is 1.46. The quantitative estimate of drug-likeness (QED) is 0.632. The lowest BCUT2D eigenvalue weighted by Gasteiger charge is -2.06. The number of hydrogen-bond donors (Lipinski definition) is 1. The average molecular weight is 175 g/mol. The number of rotatable bonds is 5. The van der Waals surface area contributed by atoms with Crippen molar-refractivity contribution in [2.24, 2.45) is 0 Å². The lowest BCUT2D eigenvalue weighted by Crippen LogP contribution is -2.08. The molecule has 0 rings (SSSR count). The Morgan fingerprint density at radius 2 is 1.85 bits per heavy atom. The number of hydrogen-bond acceptors (Lipinski definition) is 1. The van der Waals surface area contributed by atoms with Gasteiger partial charge >= 0.3 is 0 Å². The Morgan fingerprint density at radius 3 is 2.23 bits per heavy atom. The predicted molar refractivity (Wildman–Crippen MR) is 60.2 cm³/mol. The maximum Gasteiger partial charge on any atom is 0.0377 e. The molecule has 0 radical (unpaired) electrons. The lowest BCUT2D eigenvalue weighted by atomic mass is 10.3. The van der Waals surface area contributed by atoms with Gasteiger partial charge in [-0.1, -0.05) is 31.4 Å². The molecule has 1 N–H and O–H groups in total. The number of allylic oxidation sites excluding steroid dienone is 6. The molecule has 0 spiro atoms. The molecule has 0 amide bonds. The SMILES string of the molecule is C=C/C=C(\C=C)NC(/C=C\C)=C/C. The second-order valence-electron chi connectivity index (χ2n) is 2.43. The lowest BCUT2D eigenvalue weighted by molar-refractivity contribution is 1.04. The fourth-order valence-corrected chi connectivity index (χ4v) is 0.844. The Bertz CT molecular complexity index is 254. The Balaban J connectivity index is 4.46. The van der Waals surface area contributed by atoms with Crippen molar-refractivity contribution in [2.45, 2.75) is 13.8 Å². The summed E-state index contributed by atoms with van der Waals surface area (Å²) in [7, 11) is 0. The first kappa shape index (κ1) is 11.5. The Kier molecular flexibility index (Phi) is 6.34. The Labute approximate surface area is 80.9 Å². The van der Waals surface area contributed by atoms with E-state index in [9.17, 15) is 0 Å². The molecule has 0 saturated heterocycles. The third kappa shape index (κ3) is 4.86. The van der Waals surface area contributed by atoms with Gasteiger partial charge in [-0.05, 0) is 32.1 Å². The highest BCUT2D eigenvalue weighted by Gasteiger charge is 1.90. The van der Waals surface area contributed by atoms with Crippen LogP contribution >= 0.6 is 0 Å². The van der Waals surface area contributed by atoms with Crippen LogP contribution in [0.2, 0.25) is 0 Å². The molecule has 0 unspecified atom stereocenters. The molecule has 0 saturated carbocycles. The highest BCUT2D eigenvalue weighted by molar-refractivity contribution is 5.28. The van der Waals surface area contributed by atoms with Crippen LogP contribution in [0.5, 0.6) is 0 Å². The van der Waals surface area contributed by atoms with Crippen molar-refractivity contribution in [3.63, 3.8) is 0 Å². The van der Waals surface area contributed by atoms with Gasteiger partial charge in [-0.15, -0.1) is 0 Å². The second-order valence-corrected chi connectivity index (χ2v) is 2.43. The molecule has 0 aliphatic carbocycles. The van der Waals surface area contributed by atoms with Gasteiger partial charge in [-0.2, -0.15) is 0 Å². The van der Waals surface area contributed by atoms with Gasteiger partial charge in [0.25, 0.3) is 0 Å². The first-order valence-corrected chi connectivity index (χ1v) is 4.29. The van der Waals surface area contributed by atoms with E-state index in [1.807, 2.05) is 38.2 Å². The zero-order chi connectivity index (χ0) is 10.1. The summed E-state index contributed by atoms with van der Waals surface area (Å²) in [5.41, 5.74) is 2.00. The molecular weight excluding hydrogens is 158 g/mol. The molecule has 1 nitrogen and oxygen atoms in total. The van der Waals surface area contributed by atoms with Crippen LogP contribution in [-0.2, 0) is 0 Å². The van der Waals surface area contributed by atoms with E-state index < -0.39 is 0 Å². The fourth-order valence-electron chi connectivity index (χ4n) is 0.844. The predicted octanol–water partition coefficient (Wildman–Crippen LogP) is 3.31. The normalized spacial score (nSPS) is 13.1. The molecule has 1 heteroatoms. The minimum absolute atomic E-state index is 0.946. The van der Waals surface area contributed by atoms with Gasteiger partial charge in [0.15, 0.2) is 0 Å². The van der Waals surface area contributed by atoms with Gasteiger partial charge < -0.3 is 5.32 Å². The van der Waals surface area contributed by atoms with Crippen LogP contribution in [0, 0.1) is 0 Å². The summed E-state index contributed by atoms with van der Waals surface area (Å²) in [6, 6.07) is 0. The van der Waals surface area contributed by atoms with Gasteiger partial charge in [0.05, 0.1) is 0 Å². The summed E-state index contributed by atoms with van der Waals surface area (Å²) < 4.78 is 0. The van der Waals surface area contributed by atoms with Crippen LogP contribution < -0.4 is 5.32 Å². The fraction of sp³-hybridized carbons (Fsp3) is 0.167. The first-order valence-electron chi connectivity index (χ1n) is 4.29. The summed E-state index contributed by atoms with van der Waals surface area (Å²) in [4.78, 5) is 0. The summed E-state index contributed by atoms with van der Waals surface area (Å²) in [6.07, 6.45) is 11.3. The van der Waals surface area contributed by atoms with Gasteiger partial charge in [-0.3, -0.25) is 0 Å². The van der Waals surface area contributed by atoms with Crippen LogP contribution in [0.4, 0.5) is 0 Å². The van der Waals surface area contributed by atoms with Gasteiger partial charge in [0.2, 0.25) is 0 Å². The van der Waals surface area contributed by atoms with Crippen molar-refractivity contribution in [1.29, 1.82) is 0 Å². The van der Waals surface area contributed by atoms with Crippen molar-refractivity contribution in [3.8, 4) is 0 Å². The van der Waals surface area contributed by atoms with Gasteiger partial charge in [-0.25, -0.2) is 0 Å². The standard InChI is InChI=1S/C12H17N/c1-5-9-11(7-3)13-12(8-4)10-6-2/h5-10,13H,1,3H2,2,4H3/b10-6-,11-9+,12-8+. The van der Waals surface area contributed by atoms with E-state index in [0.29, 0.717) is 0 Å². The summed E-state index contributed by atoms with van der Waals surface area (Å²) in [5, 5.41) is 3.20.